The van der Waals surface area contributed by atoms with Crippen LogP contribution in [0.1, 0.15) is 10.4 Å². The highest BCUT2D eigenvalue weighted by Crippen LogP contribution is 2.35. The molecule has 0 aliphatic heterocycles. The smallest absolute Gasteiger partial charge is 0.341 e. The van der Waals surface area contributed by atoms with E-state index in [-0.39, 0.29) is 5.56 Å². The number of rotatable bonds is 5. The van der Waals surface area contributed by atoms with Gasteiger partial charge in [0.2, 0.25) is 0 Å². The topological polar surface area (TPSA) is 70.0 Å². The van der Waals surface area contributed by atoms with Crippen molar-refractivity contribution in [2.45, 2.75) is 0 Å². The van der Waals surface area contributed by atoms with Gasteiger partial charge in [-0.1, -0.05) is 11.6 Å². The molecule has 26 heavy (non-hydrogen) atoms. The Morgan fingerprint density at radius 2 is 1.96 bits per heavy atom. The second-order valence-corrected chi connectivity index (χ2v) is 5.77. The number of aromatic nitrogens is 1. The van der Waals surface area contributed by atoms with E-state index in [1.165, 1.54) is 14.2 Å². The summed E-state index contributed by atoms with van der Waals surface area (Å²) in [5.74, 6) is 0.855. The molecular formula is C18H13ClN2O4S. The third kappa shape index (κ3) is 3.44. The third-order valence-corrected chi connectivity index (χ3v) is 4.17. The summed E-state index contributed by atoms with van der Waals surface area (Å²) in [6.45, 7) is 0. The SMILES string of the molecule is COC(=O)c1cc2c(Oc3ccc(N=S)c(Cl)c3)ccnc2cc1OC. The van der Waals surface area contributed by atoms with Crippen LogP contribution in [0, 0.1) is 0 Å². The van der Waals surface area contributed by atoms with E-state index in [1.807, 2.05) is 0 Å². The van der Waals surface area contributed by atoms with Gasteiger partial charge in [0.25, 0.3) is 0 Å². The molecule has 132 valence electrons. The molecule has 0 fully saturated rings. The number of carbonyl (C=O) groups is 1. The monoisotopic (exact) mass is 388 g/mol. The molecule has 0 radical (unpaired) electrons. The lowest BCUT2D eigenvalue weighted by molar-refractivity contribution is 0.0597. The molecule has 0 saturated heterocycles. The van der Waals surface area contributed by atoms with Crippen molar-refractivity contribution in [3.63, 3.8) is 0 Å². The van der Waals surface area contributed by atoms with E-state index in [4.69, 9.17) is 25.8 Å². The molecule has 6 nitrogen and oxygen atoms in total. The molecule has 0 unspecified atom stereocenters. The van der Waals surface area contributed by atoms with Crippen LogP contribution in [-0.4, -0.2) is 25.2 Å². The van der Waals surface area contributed by atoms with E-state index < -0.39 is 5.97 Å². The molecular weight excluding hydrogens is 376 g/mol. The Kier molecular flexibility index (Phi) is 5.29. The van der Waals surface area contributed by atoms with Crippen LogP contribution in [0.25, 0.3) is 10.9 Å². The Labute approximate surface area is 159 Å². The van der Waals surface area contributed by atoms with Crippen LogP contribution in [0.15, 0.2) is 47.0 Å². The van der Waals surface area contributed by atoms with E-state index in [1.54, 1.807) is 42.6 Å². The van der Waals surface area contributed by atoms with Gasteiger partial charge in [-0.15, -0.1) is 0 Å². The molecule has 0 aliphatic carbocycles. The predicted octanol–water partition coefficient (Wildman–Crippen LogP) is 4.84. The Hall–Kier alpha value is -2.77. The highest BCUT2D eigenvalue weighted by molar-refractivity contribution is 7.47. The molecule has 1 aromatic heterocycles. The normalized spacial score (nSPS) is 10.4. The Morgan fingerprint density at radius 1 is 1.15 bits per heavy atom. The minimum Gasteiger partial charge on any atom is -0.496 e. The van der Waals surface area contributed by atoms with E-state index in [2.05, 4.69) is 21.8 Å². The maximum absolute atomic E-state index is 12.0. The van der Waals surface area contributed by atoms with Crippen LogP contribution in [0.3, 0.4) is 0 Å². The maximum Gasteiger partial charge on any atom is 0.341 e. The number of benzene rings is 2. The van der Waals surface area contributed by atoms with E-state index in [0.29, 0.717) is 38.9 Å². The molecule has 0 N–H and O–H groups in total. The molecule has 2 aromatic carbocycles. The summed E-state index contributed by atoms with van der Waals surface area (Å²) in [5.41, 5.74) is 1.38. The summed E-state index contributed by atoms with van der Waals surface area (Å²) in [6, 6.07) is 9.95. The van der Waals surface area contributed by atoms with Gasteiger partial charge in [-0.2, -0.15) is 4.36 Å². The minimum absolute atomic E-state index is 0.277. The summed E-state index contributed by atoms with van der Waals surface area (Å²) in [7, 11) is 2.78. The van der Waals surface area contributed by atoms with Crippen molar-refractivity contribution in [1.82, 2.24) is 4.98 Å². The molecule has 0 bridgehead atoms. The largest absolute Gasteiger partial charge is 0.496 e. The summed E-state index contributed by atoms with van der Waals surface area (Å²) >= 11 is 10.8. The van der Waals surface area contributed by atoms with Crippen molar-refractivity contribution in [2.24, 2.45) is 4.36 Å². The van der Waals surface area contributed by atoms with Gasteiger partial charge in [-0.25, -0.2) is 4.79 Å². The first-order valence-corrected chi connectivity index (χ1v) is 8.17. The average molecular weight is 389 g/mol. The van der Waals surface area contributed by atoms with E-state index >= 15 is 0 Å². The van der Waals surface area contributed by atoms with Gasteiger partial charge in [0.05, 0.1) is 30.4 Å². The Bertz CT molecular complexity index is 1010. The molecule has 8 heteroatoms. The first-order valence-electron chi connectivity index (χ1n) is 7.43. The van der Waals surface area contributed by atoms with Crippen molar-refractivity contribution < 1.29 is 19.0 Å². The van der Waals surface area contributed by atoms with Crippen LogP contribution >= 0.6 is 11.6 Å². The standard InChI is InChI=1S/C18H13ClN2O4S/c1-23-17-9-15-11(8-12(17)18(22)24-2)16(5-6-20-15)25-10-3-4-14(21-26)13(19)7-10/h3-9H,1-2H3. The molecule has 0 amide bonds. The average Bonchev–Trinajstić information content (AvgIpc) is 2.66. The number of methoxy groups -OCH3 is 2. The van der Waals surface area contributed by atoms with Gasteiger partial charge < -0.3 is 14.2 Å². The number of carbonyl (C=O) groups excluding carboxylic acids is 1. The fourth-order valence-corrected chi connectivity index (χ4v) is 2.85. The number of nitrogens with zero attached hydrogens (tertiary/aromatic N) is 2. The van der Waals surface area contributed by atoms with Crippen LogP contribution in [0.4, 0.5) is 5.69 Å². The van der Waals surface area contributed by atoms with Gasteiger partial charge in [0, 0.05) is 36.1 Å². The lowest BCUT2D eigenvalue weighted by atomic mass is 10.1. The number of hydrogen-bond acceptors (Lipinski definition) is 7. The summed E-state index contributed by atoms with van der Waals surface area (Å²) in [6.07, 6.45) is 1.60. The van der Waals surface area contributed by atoms with Crippen LogP contribution in [0.5, 0.6) is 17.2 Å². The maximum atomic E-state index is 12.0. The molecule has 3 rings (SSSR count). The van der Waals surface area contributed by atoms with Crippen LogP contribution < -0.4 is 9.47 Å². The van der Waals surface area contributed by atoms with Gasteiger partial charge in [-0.05, 0) is 24.3 Å². The highest BCUT2D eigenvalue weighted by Gasteiger charge is 2.17. The van der Waals surface area contributed by atoms with Crippen molar-refractivity contribution in [3.05, 3.63) is 53.2 Å². The van der Waals surface area contributed by atoms with Crippen molar-refractivity contribution in [2.75, 3.05) is 14.2 Å². The number of fused-ring (bicyclic) bond motifs is 1. The van der Waals surface area contributed by atoms with Crippen molar-refractivity contribution in [1.29, 1.82) is 0 Å². The van der Waals surface area contributed by atoms with Gasteiger partial charge >= 0.3 is 5.97 Å². The molecule has 0 saturated carbocycles. The Balaban J connectivity index is 2.09. The zero-order chi connectivity index (χ0) is 18.7. The van der Waals surface area contributed by atoms with Gasteiger partial charge in [0.1, 0.15) is 22.8 Å². The van der Waals surface area contributed by atoms with E-state index in [0.717, 1.165) is 0 Å². The number of halogens is 1. The summed E-state index contributed by atoms with van der Waals surface area (Å²) in [4.78, 5) is 16.3. The van der Waals surface area contributed by atoms with Gasteiger partial charge in [0.15, 0.2) is 0 Å². The minimum atomic E-state index is -0.516. The fraction of sp³-hybridized carbons (Fsp3) is 0.111. The number of pyridine rings is 1. The highest BCUT2D eigenvalue weighted by atomic mass is 35.5. The number of hydrogen-bond donors (Lipinski definition) is 0. The fourth-order valence-electron chi connectivity index (χ4n) is 2.43. The molecule has 1 heterocycles. The van der Waals surface area contributed by atoms with E-state index in [9.17, 15) is 4.79 Å². The number of esters is 1. The first-order chi connectivity index (χ1) is 12.6. The third-order valence-electron chi connectivity index (χ3n) is 3.67. The Morgan fingerprint density at radius 3 is 2.62 bits per heavy atom. The number of ether oxygens (including phenoxy) is 3. The zero-order valence-electron chi connectivity index (χ0n) is 13.9. The molecule has 0 atom stereocenters. The van der Waals surface area contributed by atoms with Crippen LogP contribution in [-0.2, 0) is 17.2 Å². The lowest BCUT2D eigenvalue weighted by Crippen LogP contribution is -2.04. The van der Waals surface area contributed by atoms with Crippen molar-refractivity contribution >= 4 is 46.6 Å². The molecule has 3 aromatic rings. The summed E-state index contributed by atoms with van der Waals surface area (Å²) in [5, 5.41) is 1.01. The zero-order valence-corrected chi connectivity index (χ0v) is 15.4. The summed E-state index contributed by atoms with van der Waals surface area (Å²) < 4.78 is 19.6. The molecule has 0 spiro atoms. The lowest BCUT2D eigenvalue weighted by Gasteiger charge is -2.12. The first kappa shape index (κ1) is 18.0. The van der Waals surface area contributed by atoms with Crippen LogP contribution in [0.2, 0.25) is 5.02 Å². The second-order valence-electron chi connectivity index (χ2n) is 5.18. The second kappa shape index (κ2) is 7.63. The van der Waals surface area contributed by atoms with Crippen molar-refractivity contribution in [3.8, 4) is 17.2 Å². The van der Waals surface area contributed by atoms with Gasteiger partial charge in [-0.3, -0.25) is 4.98 Å². The predicted molar refractivity (Wildman–Crippen MR) is 101 cm³/mol. The molecule has 0 aliphatic rings. The quantitative estimate of drug-likeness (QED) is 0.582.